The van der Waals surface area contributed by atoms with E-state index >= 15 is 0 Å². The fourth-order valence-electron chi connectivity index (χ4n) is 5.06. The smallest absolute Gasteiger partial charge is 0.254 e. The van der Waals surface area contributed by atoms with Gasteiger partial charge in [0, 0.05) is 60.3 Å². The first-order chi connectivity index (χ1) is 17.6. The van der Waals surface area contributed by atoms with E-state index in [0.29, 0.717) is 17.6 Å². The molecule has 2 aromatic heterocycles. The fraction of sp³-hybridized carbons (Fsp3) is 0.321. The molecule has 2 aliphatic rings. The van der Waals surface area contributed by atoms with Gasteiger partial charge in [0.15, 0.2) is 0 Å². The zero-order valence-electron chi connectivity index (χ0n) is 20.4. The Hall–Kier alpha value is -4.07. The molecule has 0 saturated carbocycles. The number of amides is 1. The standard InChI is InChI=1S/C28H29N7O/c1-19-5-4-16-35(19)26(36)20-6-9-23(10-7-20)31-27-29-13-12-25(32-27)21-8-11-24-22(17-21)18-30-28(33-24)34-14-2-3-15-34/h6-13,17-19H,2-5,14-16H2,1H3,(H,29,31,32). The minimum atomic E-state index is 0.0950. The third-order valence-corrected chi connectivity index (χ3v) is 7.11. The molecular weight excluding hydrogens is 450 g/mol. The van der Waals surface area contributed by atoms with Crippen molar-refractivity contribution in [2.24, 2.45) is 0 Å². The molecule has 2 fully saturated rings. The summed E-state index contributed by atoms with van der Waals surface area (Å²) in [6.07, 6.45) is 8.18. The molecule has 8 heteroatoms. The summed E-state index contributed by atoms with van der Waals surface area (Å²) in [5.74, 6) is 1.40. The Kier molecular flexibility index (Phi) is 5.93. The number of hydrogen-bond acceptors (Lipinski definition) is 7. The second-order valence-electron chi connectivity index (χ2n) is 9.60. The molecule has 1 atom stereocenters. The Morgan fingerprint density at radius 2 is 1.78 bits per heavy atom. The van der Waals surface area contributed by atoms with Gasteiger partial charge in [-0.25, -0.2) is 19.9 Å². The molecule has 2 aliphatic heterocycles. The largest absolute Gasteiger partial charge is 0.341 e. The molecule has 2 saturated heterocycles. The monoisotopic (exact) mass is 479 g/mol. The van der Waals surface area contributed by atoms with Crippen LogP contribution in [0, 0.1) is 0 Å². The zero-order chi connectivity index (χ0) is 24.5. The van der Waals surface area contributed by atoms with Crippen molar-refractivity contribution in [2.45, 2.75) is 38.6 Å². The van der Waals surface area contributed by atoms with Crippen LogP contribution < -0.4 is 10.2 Å². The topological polar surface area (TPSA) is 87.1 Å². The van der Waals surface area contributed by atoms with Gasteiger partial charge in [-0.15, -0.1) is 0 Å². The van der Waals surface area contributed by atoms with Gasteiger partial charge in [0.05, 0.1) is 11.2 Å². The first-order valence-electron chi connectivity index (χ1n) is 12.7. The highest BCUT2D eigenvalue weighted by molar-refractivity contribution is 5.95. The molecule has 2 aromatic carbocycles. The zero-order valence-corrected chi connectivity index (χ0v) is 20.4. The van der Waals surface area contributed by atoms with Crippen LogP contribution in [0.3, 0.4) is 0 Å². The number of likely N-dealkylation sites (tertiary alicyclic amines) is 1. The van der Waals surface area contributed by atoms with Gasteiger partial charge in [0.2, 0.25) is 11.9 Å². The predicted molar refractivity (Wildman–Crippen MR) is 141 cm³/mol. The van der Waals surface area contributed by atoms with Gasteiger partial charge >= 0.3 is 0 Å². The molecule has 4 aromatic rings. The molecule has 1 N–H and O–H groups in total. The van der Waals surface area contributed by atoms with Gasteiger partial charge in [-0.2, -0.15) is 0 Å². The van der Waals surface area contributed by atoms with E-state index in [4.69, 9.17) is 9.97 Å². The van der Waals surface area contributed by atoms with Crippen molar-refractivity contribution in [3.63, 3.8) is 0 Å². The fourth-order valence-corrected chi connectivity index (χ4v) is 5.06. The summed E-state index contributed by atoms with van der Waals surface area (Å²) in [7, 11) is 0. The van der Waals surface area contributed by atoms with Gasteiger partial charge in [-0.05, 0) is 75.1 Å². The van der Waals surface area contributed by atoms with Gasteiger partial charge in [-0.1, -0.05) is 6.07 Å². The van der Waals surface area contributed by atoms with E-state index in [0.717, 1.165) is 66.3 Å². The van der Waals surface area contributed by atoms with E-state index in [1.807, 2.05) is 53.6 Å². The van der Waals surface area contributed by atoms with Crippen molar-refractivity contribution >= 4 is 34.4 Å². The number of rotatable bonds is 5. The summed E-state index contributed by atoms with van der Waals surface area (Å²) in [4.78, 5) is 35.4. The van der Waals surface area contributed by atoms with Crippen LogP contribution in [0.5, 0.6) is 0 Å². The molecule has 0 radical (unpaired) electrons. The van der Waals surface area contributed by atoms with Crippen molar-refractivity contribution < 1.29 is 4.79 Å². The van der Waals surface area contributed by atoms with Crippen LogP contribution in [-0.2, 0) is 0 Å². The van der Waals surface area contributed by atoms with Gasteiger partial charge in [-0.3, -0.25) is 4.79 Å². The maximum atomic E-state index is 12.8. The summed E-state index contributed by atoms with van der Waals surface area (Å²) in [6.45, 7) is 4.99. The summed E-state index contributed by atoms with van der Waals surface area (Å²) in [6, 6.07) is 15.8. The highest BCUT2D eigenvalue weighted by Gasteiger charge is 2.25. The van der Waals surface area contributed by atoms with Crippen molar-refractivity contribution in [3.8, 4) is 11.3 Å². The molecule has 1 amide bonds. The molecule has 8 nitrogen and oxygen atoms in total. The van der Waals surface area contributed by atoms with Gasteiger partial charge in [0.25, 0.3) is 5.91 Å². The SMILES string of the molecule is CC1CCCN1C(=O)c1ccc(Nc2nccc(-c3ccc4nc(N5CCCC5)ncc4c3)n2)cc1. The number of aromatic nitrogens is 4. The number of anilines is 3. The predicted octanol–water partition coefficient (Wildman–Crippen LogP) is 5.06. The Bertz CT molecular complexity index is 1400. The number of hydrogen-bond donors (Lipinski definition) is 1. The van der Waals surface area contributed by atoms with E-state index in [1.165, 1.54) is 12.8 Å². The average Bonchev–Trinajstić information content (AvgIpc) is 3.61. The number of carbonyl (C=O) groups is 1. The summed E-state index contributed by atoms with van der Waals surface area (Å²) < 4.78 is 0. The van der Waals surface area contributed by atoms with Crippen LogP contribution in [0.25, 0.3) is 22.2 Å². The number of nitrogens with one attached hydrogen (secondary N) is 1. The second kappa shape index (κ2) is 9.53. The van der Waals surface area contributed by atoms with Crippen molar-refractivity contribution in [1.82, 2.24) is 24.8 Å². The summed E-state index contributed by atoms with van der Waals surface area (Å²) in [5.41, 5.74) is 4.26. The van der Waals surface area contributed by atoms with E-state index in [1.54, 1.807) is 6.20 Å². The number of fused-ring (bicyclic) bond motifs is 1. The third kappa shape index (κ3) is 4.46. The van der Waals surface area contributed by atoms with E-state index in [2.05, 4.69) is 33.2 Å². The number of nitrogens with zero attached hydrogens (tertiary/aromatic N) is 6. The molecular formula is C28H29N7O. The number of carbonyl (C=O) groups excluding carboxylic acids is 1. The Labute approximate surface area is 210 Å². The maximum absolute atomic E-state index is 12.8. The molecule has 6 rings (SSSR count). The Balaban J connectivity index is 1.18. The lowest BCUT2D eigenvalue weighted by atomic mass is 10.1. The van der Waals surface area contributed by atoms with Crippen molar-refractivity contribution in [2.75, 3.05) is 29.9 Å². The maximum Gasteiger partial charge on any atom is 0.254 e. The van der Waals surface area contributed by atoms with E-state index in [-0.39, 0.29) is 5.91 Å². The van der Waals surface area contributed by atoms with Crippen LogP contribution in [0.1, 0.15) is 43.0 Å². The first kappa shape index (κ1) is 22.4. The van der Waals surface area contributed by atoms with Gasteiger partial charge in [0.1, 0.15) is 0 Å². The lowest BCUT2D eigenvalue weighted by Crippen LogP contribution is -2.33. The Morgan fingerprint density at radius 3 is 2.56 bits per heavy atom. The van der Waals surface area contributed by atoms with Crippen LogP contribution in [0.2, 0.25) is 0 Å². The van der Waals surface area contributed by atoms with Crippen molar-refractivity contribution in [1.29, 1.82) is 0 Å². The lowest BCUT2D eigenvalue weighted by Gasteiger charge is -2.21. The van der Waals surface area contributed by atoms with Crippen LogP contribution >= 0.6 is 0 Å². The van der Waals surface area contributed by atoms with E-state index < -0.39 is 0 Å². The first-order valence-corrected chi connectivity index (χ1v) is 12.7. The molecule has 0 aliphatic carbocycles. The minimum Gasteiger partial charge on any atom is -0.341 e. The second-order valence-corrected chi connectivity index (χ2v) is 9.60. The highest BCUT2D eigenvalue weighted by atomic mass is 16.2. The molecule has 36 heavy (non-hydrogen) atoms. The average molecular weight is 480 g/mol. The lowest BCUT2D eigenvalue weighted by molar-refractivity contribution is 0.0747. The van der Waals surface area contributed by atoms with E-state index in [9.17, 15) is 4.79 Å². The van der Waals surface area contributed by atoms with Crippen molar-refractivity contribution in [3.05, 3.63) is 66.5 Å². The molecule has 182 valence electrons. The van der Waals surface area contributed by atoms with Gasteiger partial charge < -0.3 is 15.1 Å². The Morgan fingerprint density at radius 1 is 0.944 bits per heavy atom. The van der Waals surface area contributed by atoms with Crippen LogP contribution in [-0.4, -0.2) is 56.4 Å². The number of benzene rings is 2. The molecule has 1 unspecified atom stereocenters. The highest BCUT2D eigenvalue weighted by Crippen LogP contribution is 2.26. The third-order valence-electron chi connectivity index (χ3n) is 7.11. The molecule has 0 spiro atoms. The molecule has 0 bridgehead atoms. The summed E-state index contributed by atoms with van der Waals surface area (Å²) in [5, 5.41) is 4.24. The van der Waals surface area contributed by atoms with Crippen LogP contribution in [0.4, 0.5) is 17.6 Å². The normalized spacial score (nSPS) is 17.6. The minimum absolute atomic E-state index is 0.0950. The quantitative estimate of drug-likeness (QED) is 0.428. The van der Waals surface area contributed by atoms with Crippen LogP contribution in [0.15, 0.2) is 60.9 Å². The molecule has 4 heterocycles. The summed E-state index contributed by atoms with van der Waals surface area (Å²) >= 11 is 0.